The van der Waals surface area contributed by atoms with E-state index in [1.807, 2.05) is 24.7 Å². The van der Waals surface area contributed by atoms with Crippen LogP contribution in [0.2, 0.25) is 0 Å². The Morgan fingerprint density at radius 2 is 1.91 bits per heavy atom. The maximum Gasteiger partial charge on any atom is 0.191 e. The molecule has 0 aliphatic carbocycles. The van der Waals surface area contributed by atoms with Crippen LogP contribution in [0.25, 0.3) is 0 Å². The molecule has 0 spiro atoms. The summed E-state index contributed by atoms with van der Waals surface area (Å²) in [7, 11) is 1.91. The van der Waals surface area contributed by atoms with Crippen LogP contribution in [0.1, 0.15) is 52.1 Å². The third kappa shape index (κ3) is 8.01. The summed E-state index contributed by atoms with van der Waals surface area (Å²) in [6.07, 6.45) is 5.32. The SMILES string of the molecule is CCCC(O)(CCC)CNC(=NCc1ccnn1C)NCC.I. The predicted molar refractivity (Wildman–Crippen MR) is 106 cm³/mol. The quantitative estimate of drug-likeness (QED) is 0.315. The van der Waals surface area contributed by atoms with E-state index in [1.165, 1.54) is 0 Å². The molecule has 1 rings (SSSR count). The number of nitrogens with one attached hydrogen (secondary N) is 2. The van der Waals surface area contributed by atoms with Gasteiger partial charge in [0.25, 0.3) is 0 Å². The molecule has 134 valence electrons. The number of halogens is 1. The van der Waals surface area contributed by atoms with Gasteiger partial charge < -0.3 is 15.7 Å². The largest absolute Gasteiger partial charge is 0.388 e. The van der Waals surface area contributed by atoms with Crippen LogP contribution in [-0.4, -0.2) is 39.5 Å². The maximum absolute atomic E-state index is 10.7. The molecule has 23 heavy (non-hydrogen) atoms. The third-order valence-electron chi connectivity index (χ3n) is 3.68. The molecule has 0 aliphatic heterocycles. The lowest BCUT2D eigenvalue weighted by atomic mass is 9.93. The second-order valence-electron chi connectivity index (χ2n) is 5.72. The van der Waals surface area contributed by atoms with Crippen molar-refractivity contribution in [3.63, 3.8) is 0 Å². The molecule has 1 aromatic rings. The summed E-state index contributed by atoms with van der Waals surface area (Å²) in [5.74, 6) is 0.731. The van der Waals surface area contributed by atoms with Gasteiger partial charge in [-0.2, -0.15) is 5.10 Å². The van der Waals surface area contributed by atoms with E-state index in [-0.39, 0.29) is 24.0 Å². The van der Waals surface area contributed by atoms with E-state index in [1.54, 1.807) is 6.20 Å². The summed E-state index contributed by atoms with van der Waals surface area (Å²) in [6, 6.07) is 1.96. The topological polar surface area (TPSA) is 74.5 Å². The first-order chi connectivity index (χ1) is 10.5. The number of aromatic nitrogens is 2. The lowest BCUT2D eigenvalue weighted by molar-refractivity contribution is 0.0257. The van der Waals surface area contributed by atoms with Gasteiger partial charge in [-0.15, -0.1) is 24.0 Å². The Kier molecular flexibility index (Phi) is 11.2. The zero-order valence-corrected chi connectivity index (χ0v) is 17.1. The van der Waals surface area contributed by atoms with Gasteiger partial charge in [0.15, 0.2) is 5.96 Å². The molecular weight excluding hydrogens is 405 g/mol. The molecule has 0 aromatic carbocycles. The van der Waals surface area contributed by atoms with Gasteiger partial charge in [0.1, 0.15) is 0 Å². The molecule has 0 amide bonds. The van der Waals surface area contributed by atoms with Crippen molar-refractivity contribution in [2.45, 2.75) is 58.6 Å². The van der Waals surface area contributed by atoms with Gasteiger partial charge in [-0.05, 0) is 25.8 Å². The van der Waals surface area contributed by atoms with Crippen LogP contribution >= 0.6 is 24.0 Å². The van der Waals surface area contributed by atoms with E-state index in [2.05, 4.69) is 34.6 Å². The average molecular weight is 437 g/mol. The van der Waals surface area contributed by atoms with Crippen molar-refractivity contribution >= 4 is 29.9 Å². The Bertz CT molecular complexity index is 455. The second kappa shape index (κ2) is 11.7. The molecule has 0 saturated heterocycles. The Morgan fingerprint density at radius 1 is 1.26 bits per heavy atom. The van der Waals surface area contributed by atoms with Gasteiger partial charge in [0, 0.05) is 26.3 Å². The standard InChI is InChI=1S/C16H31N5O.HI/c1-5-9-16(22,10-6-2)13-19-15(17-7-3)18-12-14-8-11-20-21(14)4;/h8,11,22H,5-7,9-10,12-13H2,1-4H3,(H2,17,18,19);1H. The molecule has 0 unspecified atom stereocenters. The van der Waals surface area contributed by atoms with Crippen molar-refractivity contribution in [1.82, 2.24) is 20.4 Å². The van der Waals surface area contributed by atoms with Crippen molar-refractivity contribution in [2.75, 3.05) is 13.1 Å². The van der Waals surface area contributed by atoms with Crippen LogP contribution in [-0.2, 0) is 13.6 Å². The minimum absolute atomic E-state index is 0. The Labute approximate surface area is 157 Å². The summed E-state index contributed by atoms with van der Waals surface area (Å²) >= 11 is 0. The number of aryl methyl sites for hydroxylation is 1. The number of hydrogen-bond donors (Lipinski definition) is 3. The molecule has 1 heterocycles. The fourth-order valence-corrected chi connectivity index (χ4v) is 2.54. The second-order valence-corrected chi connectivity index (χ2v) is 5.72. The van der Waals surface area contributed by atoms with Crippen LogP contribution < -0.4 is 10.6 Å². The lowest BCUT2D eigenvalue weighted by Gasteiger charge is -2.28. The van der Waals surface area contributed by atoms with E-state index in [0.717, 1.165) is 43.9 Å². The number of aliphatic imine (C=N–C) groups is 1. The monoisotopic (exact) mass is 437 g/mol. The van der Waals surface area contributed by atoms with Crippen LogP contribution in [0, 0.1) is 0 Å². The summed E-state index contributed by atoms with van der Waals surface area (Å²) in [6.45, 7) is 8.10. The first-order valence-corrected chi connectivity index (χ1v) is 8.26. The summed E-state index contributed by atoms with van der Waals surface area (Å²) in [4.78, 5) is 4.56. The Morgan fingerprint density at radius 3 is 2.39 bits per heavy atom. The molecule has 0 aliphatic rings. The van der Waals surface area contributed by atoms with Gasteiger partial charge in [0.2, 0.25) is 0 Å². The minimum Gasteiger partial charge on any atom is -0.388 e. The van der Waals surface area contributed by atoms with E-state index in [9.17, 15) is 5.11 Å². The third-order valence-corrected chi connectivity index (χ3v) is 3.68. The average Bonchev–Trinajstić information content (AvgIpc) is 2.88. The van der Waals surface area contributed by atoms with Gasteiger partial charge in [-0.25, -0.2) is 4.99 Å². The highest BCUT2D eigenvalue weighted by Gasteiger charge is 2.24. The van der Waals surface area contributed by atoms with Crippen molar-refractivity contribution in [2.24, 2.45) is 12.0 Å². The molecule has 0 atom stereocenters. The summed E-state index contributed by atoms with van der Waals surface area (Å²) in [5.41, 5.74) is 0.390. The smallest absolute Gasteiger partial charge is 0.191 e. The highest BCUT2D eigenvalue weighted by molar-refractivity contribution is 14.0. The maximum atomic E-state index is 10.7. The number of aliphatic hydroxyl groups is 1. The number of rotatable bonds is 9. The van der Waals surface area contributed by atoms with E-state index < -0.39 is 5.60 Å². The van der Waals surface area contributed by atoms with Crippen molar-refractivity contribution in [3.8, 4) is 0 Å². The van der Waals surface area contributed by atoms with Gasteiger partial charge in [-0.3, -0.25) is 4.68 Å². The highest BCUT2D eigenvalue weighted by atomic mass is 127. The van der Waals surface area contributed by atoms with Gasteiger partial charge >= 0.3 is 0 Å². The number of guanidine groups is 1. The van der Waals surface area contributed by atoms with Crippen LogP contribution in [0.15, 0.2) is 17.3 Å². The molecule has 0 fully saturated rings. The minimum atomic E-state index is -0.660. The van der Waals surface area contributed by atoms with Gasteiger partial charge in [-0.1, -0.05) is 26.7 Å². The molecular formula is C16H32IN5O. The fraction of sp³-hybridized carbons (Fsp3) is 0.750. The van der Waals surface area contributed by atoms with Crippen LogP contribution in [0.3, 0.4) is 0 Å². The molecule has 7 heteroatoms. The Hall–Kier alpha value is -0.830. The summed E-state index contributed by atoms with van der Waals surface area (Å²) < 4.78 is 1.82. The van der Waals surface area contributed by atoms with E-state index in [0.29, 0.717) is 13.1 Å². The molecule has 6 nitrogen and oxygen atoms in total. The summed E-state index contributed by atoms with van der Waals surface area (Å²) in [5, 5.41) is 21.3. The molecule has 0 saturated carbocycles. The van der Waals surface area contributed by atoms with E-state index in [4.69, 9.17) is 0 Å². The number of hydrogen-bond acceptors (Lipinski definition) is 3. The van der Waals surface area contributed by atoms with Crippen LogP contribution in [0.5, 0.6) is 0 Å². The van der Waals surface area contributed by atoms with Crippen LogP contribution in [0.4, 0.5) is 0 Å². The van der Waals surface area contributed by atoms with Gasteiger partial charge in [0.05, 0.1) is 17.8 Å². The van der Waals surface area contributed by atoms with Crippen molar-refractivity contribution < 1.29 is 5.11 Å². The van der Waals surface area contributed by atoms with Crippen molar-refractivity contribution in [3.05, 3.63) is 18.0 Å². The molecule has 0 radical (unpaired) electrons. The molecule has 0 bridgehead atoms. The molecule has 1 aromatic heterocycles. The highest BCUT2D eigenvalue weighted by Crippen LogP contribution is 2.18. The van der Waals surface area contributed by atoms with E-state index >= 15 is 0 Å². The predicted octanol–water partition coefficient (Wildman–Crippen LogP) is 2.42. The Balaban J connectivity index is 0.00000484. The first-order valence-electron chi connectivity index (χ1n) is 8.26. The normalized spacial score (nSPS) is 12.0. The first kappa shape index (κ1) is 22.2. The van der Waals surface area contributed by atoms with Crippen molar-refractivity contribution in [1.29, 1.82) is 0 Å². The zero-order chi connectivity index (χ0) is 16.4. The number of nitrogens with zero attached hydrogens (tertiary/aromatic N) is 3. The zero-order valence-electron chi connectivity index (χ0n) is 14.8. The molecule has 3 N–H and O–H groups in total. The lowest BCUT2D eigenvalue weighted by Crippen LogP contribution is -2.47. The fourth-order valence-electron chi connectivity index (χ4n) is 2.54.